The molecule has 0 aliphatic rings. The number of rotatable bonds is 13. The highest BCUT2D eigenvalue weighted by molar-refractivity contribution is 7.89. The summed E-state index contributed by atoms with van der Waals surface area (Å²) in [7, 11) is -4.93. The van der Waals surface area contributed by atoms with E-state index in [1.807, 2.05) is 18.2 Å². The van der Waals surface area contributed by atoms with Crippen LogP contribution in [0.2, 0.25) is 0 Å². The number of nitrogens with zero attached hydrogens (tertiary/aromatic N) is 1. The van der Waals surface area contributed by atoms with Crippen LogP contribution in [0.25, 0.3) is 0 Å². The zero-order chi connectivity index (χ0) is 33.3. The summed E-state index contributed by atoms with van der Waals surface area (Å²) in [6.07, 6.45) is -4.97. The van der Waals surface area contributed by atoms with Crippen LogP contribution in [-0.2, 0) is 38.6 Å². The Labute approximate surface area is 262 Å². The molecule has 2 N–H and O–H groups in total. The second-order valence-corrected chi connectivity index (χ2v) is 11.8. The second-order valence-electron chi connectivity index (χ2n) is 10.2. The van der Waals surface area contributed by atoms with Crippen molar-refractivity contribution in [2.45, 2.75) is 36.0 Å². The van der Waals surface area contributed by atoms with Crippen LogP contribution in [0.1, 0.15) is 27.0 Å². The van der Waals surface area contributed by atoms with Gasteiger partial charge >= 0.3 is 12.1 Å². The summed E-state index contributed by atoms with van der Waals surface area (Å²) in [4.78, 5) is 35.6. The minimum Gasteiger partial charge on any atom is -0.462 e. The Morgan fingerprint density at radius 3 is 1.91 bits per heavy atom. The number of nitrogens with one attached hydrogen (secondary N) is 2. The fourth-order valence-electron chi connectivity index (χ4n) is 4.53. The number of halogens is 3. The maximum atomic E-state index is 13.4. The number of alkyl halides is 3. The molecular formula is C32H28F3N3O7S. The Hall–Kier alpha value is -5.08. The van der Waals surface area contributed by atoms with Crippen molar-refractivity contribution in [3.8, 4) is 0 Å². The summed E-state index contributed by atoms with van der Waals surface area (Å²) >= 11 is 0. The molecule has 1 amide bonds. The number of nitro groups is 1. The van der Waals surface area contributed by atoms with Crippen molar-refractivity contribution in [1.82, 2.24) is 10.0 Å². The lowest BCUT2D eigenvalue weighted by molar-refractivity contribution is -0.388. The first kappa shape index (κ1) is 33.8. The van der Waals surface area contributed by atoms with Gasteiger partial charge in [-0.2, -0.15) is 17.9 Å². The van der Waals surface area contributed by atoms with Crippen molar-refractivity contribution in [2.75, 3.05) is 6.61 Å². The SMILES string of the molecule is O=C(N[C@H](COC(=O)[C@@H](Cc1ccccc1)NS(=O)(=O)c1ccc(C(F)(F)F)cc1[N+](=O)[O-])Cc1ccccc1)c1ccccc1. The van der Waals surface area contributed by atoms with Gasteiger partial charge in [-0.1, -0.05) is 78.9 Å². The molecule has 0 saturated carbocycles. The van der Waals surface area contributed by atoms with Crippen LogP contribution in [0.5, 0.6) is 0 Å². The predicted octanol–water partition coefficient (Wildman–Crippen LogP) is 5.09. The number of amides is 1. The molecule has 0 aliphatic heterocycles. The van der Waals surface area contributed by atoms with Crippen LogP contribution < -0.4 is 10.0 Å². The summed E-state index contributed by atoms with van der Waals surface area (Å²) in [5, 5.41) is 14.4. The number of hydrogen-bond donors (Lipinski definition) is 2. The molecule has 0 aromatic heterocycles. The van der Waals surface area contributed by atoms with Gasteiger partial charge in [0.1, 0.15) is 12.6 Å². The molecule has 0 radical (unpaired) electrons. The van der Waals surface area contributed by atoms with Gasteiger partial charge in [0.05, 0.1) is 16.5 Å². The summed E-state index contributed by atoms with van der Waals surface area (Å²) < 4.78 is 73.9. The lowest BCUT2D eigenvalue weighted by atomic mass is 10.1. The normalized spacial score (nSPS) is 12.9. The lowest BCUT2D eigenvalue weighted by Crippen LogP contribution is -2.46. The van der Waals surface area contributed by atoms with E-state index in [0.717, 1.165) is 5.56 Å². The first-order valence-electron chi connectivity index (χ1n) is 13.8. The summed E-state index contributed by atoms with van der Waals surface area (Å²) in [6, 6.07) is 24.1. The highest BCUT2D eigenvalue weighted by Crippen LogP contribution is 2.34. The van der Waals surface area contributed by atoms with E-state index in [0.29, 0.717) is 23.3 Å². The topological polar surface area (TPSA) is 145 Å². The Morgan fingerprint density at radius 2 is 1.37 bits per heavy atom. The Kier molecular flexibility index (Phi) is 10.9. The van der Waals surface area contributed by atoms with Crippen LogP contribution in [0.4, 0.5) is 18.9 Å². The van der Waals surface area contributed by atoms with Crippen molar-refractivity contribution in [2.24, 2.45) is 0 Å². The van der Waals surface area contributed by atoms with Gasteiger partial charge in [0, 0.05) is 11.6 Å². The molecule has 4 aromatic rings. The van der Waals surface area contributed by atoms with E-state index in [2.05, 4.69) is 10.0 Å². The van der Waals surface area contributed by atoms with Crippen molar-refractivity contribution in [3.05, 3.63) is 142 Å². The smallest absolute Gasteiger partial charge is 0.416 e. The minimum atomic E-state index is -4.97. The fraction of sp³-hybridized carbons (Fsp3) is 0.188. The van der Waals surface area contributed by atoms with E-state index in [1.165, 1.54) is 0 Å². The van der Waals surface area contributed by atoms with Gasteiger partial charge in [-0.25, -0.2) is 8.42 Å². The first-order valence-corrected chi connectivity index (χ1v) is 15.3. The van der Waals surface area contributed by atoms with Gasteiger partial charge in [0.25, 0.3) is 11.6 Å². The van der Waals surface area contributed by atoms with Gasteiger partial charge < -0.3 is 10.1 Å². The molecule has 4 aromatic carbocycles. The summed E-state index contributed by atoms with van der Waals surface area (Å²) in [6.45, 7) is -0.375. The monoisotopic (exact) mass is 655 g/mol. The van der Waals surface area contributed by atoms with Crippen molar-refractivity contribution < 1.29 is 40.8 Å². The number of benzene rings is 4. The molecule has 0 heterocycles. The first-order chi connectivity index (χ1) is 21.8. The minimum absolute atomic E-state index is 0.114. The quantitative estimate of drug-likeness (QED) is 0.116. The molecule has 10 nitrogen and oxygen atoms in total. The highest BCUT2D eigenvalue weighted by atomic mass is 32.2. The van der Waals surface area contributed by atoms with E-state index in [9.17, 15) is 41.3 Å². The average molecular weight is 656 g/mol. The van der Waals surface area contributed by atoms with Crippen LogP contribution in [0.15, 0.2) is 114 Å². The zero-order valence-electron chi connectivity index (χ0n) is 24.0. The Balaban J connectivity index is 1.59. The van der Waals surface area contributed by atoms with Crippen LogP contribution in [-0.4, -0.2) is 43.9 Å². The maximum absolute atomic E-state index is 13.4. The van der Waals surface area contributed by atoms with E-state index >= 15 is 0 Å². The number of carbonyl (C=O) groups is 2. The van der Waals surface area contributed by atoms with Crippen molar-refractivity contribution in [3.63, 3.8) is 0 Å². The molecule has 14 heteroatoms. The molecule has 0 saturated heterocycles. The van der Waals surface area contributed by atoms with Gasteiger partial charge in [-0.3, -0.25) is 19.7 Å². The maximum Gasteiger partial charge on any atom is 0.416 e. The Morgan fingerprint density at radius 1 is 0.826 bits per heavy atom. The number of nitro benzene ring substituents is 1. The van der Waals surface area contributed by atoms with E-state index in [4.69, 9.17) is 4.74 Å². The number of esters is 1. The largest absolute Gasteiger partial charge is 0.462 e. The third-order valence-corrected chi connectivity index (χ3v) is 8.28. The zero-order valence-corrected chi connectivity index (χ0v) is 24.8. The standard InChI is InChI=1S/C32H28F3N3O7S/c33-32(34,35)25-16-17-29(28(20-25)38(41)42)46(43,44)37-27(19-23-12-6-2-7-13-23)31(40)45-21-26(18-22-10-4-1-5-11-22)36-30(39)24-14-8-3-9-15-24/h1-17,20,26-27,37H,18-19,21H2,(H,36,39)/t26-,27+/m0/s1. The van der Waals surface area contributed by atoms with Gasteiger partial charge in [-0.15, -0.1) is 0 Å². The molecule has 240 valence electrons. The van der Waals surface area contributed by atoms with Gasteiger partial charge in [-0.05, 0) is 48.2 Å². The molecule has 0 unspecified atom stereocenters. The Bertz CT molecular complexity index is 1770. The number of carbonyl (C=O) groups excluding carboxylic acids is 2. The van der Waals surface area contributed by atoms with Gasteiger partial charge in [0.15, 0.2) is 4.90 Å². The molecule has 46 heavy (non-hydrogen) atoms. The second kappa shape index (κ2) is 14.8. The van der Waals surface area contributed by atoms with Crippen molar-refractivity contribution >= 4 is 27.6 Å². The van der Waals surface area contributed by atoms with Crippen LogP contribution in [0.3, 0.4) is 0 Å². The fourth-order valence-corrected chi connectivity index (χ4v) is 5.87. The molecule has 0 spiro atoms. The van der Waals surface area contributed by atoms with Gasteiger partial charge in [0.2, 0.25) is 10.0 Å². The lowest BCUT2D eigenvalue weighted by Gasteiger charge is -2.22. The van der Waals surface area contributed by atoms with Crippen molar-refractivity contribution in [1.29, 1.82) is 0 Å². The molecule has 0 aliphatic carbocycles. The summed E-state index contributed by atoms with van der Waals surface area (Å²) in [5.41, 5.74) is -1.07. The highest BCUT2D eigenvalue weighted by Gasteiger charge is 2.37. The molecule has 4 rings (SSSR count). The number of hydrogen-bond acceptors (Lipinski definition) is 7. The van der Waals surface area contributed by atoms with E-state index in [1.54, 1.807) is 72.8 Å². The van der Waals surface area contributed by atoms with E-state index in [-0.39, 0.29) is 25.5 Å². The predicted molar refractivity (Wildman–Crippen MR) is 161 cm³/mol. The van der Waals surface area contributed by atoms with E-state index < -0.39 is 61.2 Å². The number of ether oxygens (including phenoxy) is 1. The average Bonchev–Trinajstić information content (AvgIpc) is 3.03. The third kappa shape index (κ3) is 9.22. The van der Waals surface area contributed by atoms with Crippen LogP contribution >= 0.6 is 0 Å². The molecule has 0 fully saturated rings. The third-order valence-electron chi connectivity index (χ3n) is 6.76. The van der Waals surface area contributed by atoms with Crippen LogP contribution in [0, 0.1) is 10.1 Å². The molecular weight excluding hydrogens is 627 g/mol. The molecule has 2 atom stereocenters. The summed E-state index contributed by atoms with van der Waals surface area (Å²) in [5.74, 6) is -1.51. The molecule has 0 bridgehead atoms. The number of sulfonamides is 1.